The molecule has 2 aromatic carbocycles. The van der Waals surface area contributed by atoms with E-state index in [1.54, 1.807) is 11.8 Å². The number of aliphatic hydroxyl groups excluding tert-OH is 1. The normalized spacial score (nSPS) is 14.8. The smallest absolute Gasteiger partial charge is 0.162 e. The molecule has 0 saturated carbocycles. The molecule has 30 heavy (non-hydrogen) atoms. The fraction of sp³-hybridized carbons (Fsp3) is 0.304. The maximum absolute atomic E-state index is 9.19. The maximum atomic E-state index is 9.19. The van der Waals surface area contributed by atoms with Crippen molar-refractivity contribution in [1.29, 1.82) is 0 Å². The average molecular weight is 441 g/mol. The van der Waals surface area contributed by atoms with Crippen LogP contribution in [-0.4, -0.2) is 59.3 Å². The number of nitrogens with zero attached hydrogens (tertiary/aromatic N) is 4. The topological polar surface area (TPSA) is 52.5 Å². The minimum absolute atomic E-state index is 0.201. The third-order valence-electron chi connectivity index (χ3n) is 5.15. The van der Waals surface area contributed by atoms with Crippen molar-refractivity contribution in [2.24, 2.45) is 0 Å². The molecular weight excluding hydrogens is 416 g/mol. The van der Waals surface area contributed by atoms with Gasteiger partial charge in [-0.1, -0.05) is 53.2 Å². The van der Waals surface area contributed by atoms with Gasteiger partial charge in [0.15, 0.2) is 5.82 Å². The Balaban J connectivity index is 1.63. The third-order valence-corrected chi connectivity index (χ3v) is 6.33. The Kier molecular flexibility index (Phi) is 6.89. The van der Waals surface area contributed by atoms with Gasteiger partial charge in [0.1, 0.15) is 10.8 Å². The van der Waals surface area contributed by atoms with Crippen LogP contribution in [0.25, 0.3) is 11.4 Å². The summed E-state index contributed by atoms with van der Waals surface area (Å²) in [5.41, 5.74) is 2.23. The fourth-order valence-corrected chi connectivity index (χ4v) is 4.36. The number of aromatic nitrogens is 2. The first-order valence-corrected chi connectivity index (χ1v) is 11.3. The number of aryl methyl sites for hydroxylation is 1. The molecule has 4 rings (SSSR count). The maximum Gasteiger partial charge on any atom is 0.162 e. The van der Waals surface area contributed by atoms with Gasteiger partial charge in [-0.2, -0.15) is 0 Å². The predicted molar refractivity (Wildman–Crippen MR) is 124 cm³/mol. The first kappa shape index (κ1) is 21.1. The lowest BCUT2D eigenvalue weighted by Gasteiger charge is -2.35. The van der Waals surface area contributed by atoms with Gasteiger partial charge in [0.25, 0.3) is 0 Å². The summed E-state index contributed by atoms with van der Waals surface area (Å²) in [7, 11) is 0. The number of anilines is 1. The largest absolute Gasteiger partial charge is 0.395 e. The number of β-amino-alcohol motifs (C(OH)–C–C–N with tert-alkyl or cyclic N) is 1. The predicted octanol–water partition coefficient (Wildman–Crippen LogP) is 4.37. The van der Waals surface area contributed by atoms with Crippen molar-refractivity contribution in [3.63, 3.8) is 0 Å². The van der Waals surface area contributed by atoms with Crippen molar-refractivity contribution in [1.82, 2.24) is 14.9 Å². The first-order chi connectivity index (χ1) is 14.6. The van der Waals surface area contributed by atoms with E-state index in [4.69, 9.17) is 21.6 Å². The van der Waals surface area contributed by atoms with Crippen LogP contribution < -0.4 is 4.90 Å². The van der Waals surface area contributed by atoms with Crippen LogP contribution in [0.2, 0.25) is 5.02 Å². The number of hydrogen-bond acceptors (Lipinski definition) is 6. The van der Waals surface area contributed by atoms with Crippen molar-refractivity contribution in [3.05, 3.63) is 65.2 Å². The van der Waals surface area contributed by atoms with Crippen molar-refractivity contribution in [3.8, 4) is 11.4 Å². The second-order valence-corrected chi connectivity index (χ2v) is 8.89. The number of halogens is 1. The Bertz CT molecular complexity index is 973. The summed E-state index contributed by atoms with van der Waals surface area (Å²) in [5.74, 6) is 1.68. The average Bonchev–Trinajstić information content (AvgIpc) is 2.76. The van der Waals surface area contributed by atoms with Crippen LogP contribution in [0.5, 0.6) is 0 Å². The lowest BCUT2D eigenvalue weighted by molar-refractivity contribution is 0.188. The summed E-state index contributed by atoms with van der Waals surface area (Å²) in [6.07, 6.45) is 0. The van der Waals surface area contributed by atoms with E-state index in [1.807, 2.05) is 24.3 Å². The summed E-state index contributed by atoms with van der Waals surface area (Å²) in [6, 6.07) is 18.2. The van der Waals surface area contributed by atoms with Gasteiger partial charge < -0.3 is 10.0 Å². The van der Waals surface area contributed by atoms with E-state index < -0.39 is 0 Å². The van der Waals surface area contributed by atoms with Crippen LogP contribution in [-0.2, 0) is 0 Å². The molecule has 0 amide bonds. The summed E-state index contributed by atoms with van der Waals surface area (Å²) < 4.78 is 0. The molecule has 0 radical (unpaired) electrons. The van der Waals surface area contributed by atoms with Gasteiger partial charge in [-0.05, 0) is 31.2 Å². The number of rotatable bonds is 6. The van der Waals surface area contributed by atoms with Crippen LogP contribution in [0.1, 0.15) is 5.56 Å². The van der Waals surface area contributed by atoms with Gasteiger partial charge >= 0.3 is 0 Å². The van der Waals surface area contributed by atoms with Gasteiger partial charge in [-0.3, -0.25) is 4.90 Å². The molecule has 1 aromatic heterocycles. The molecule has 1 fully saturated rings. The molecule has 0 bridgehead atoms. The molecule has 0 unspecified atom stereocenters. The van der Waals surface area contributed by atoms with Crippen molar-refractivity contribution in [2.45, 2.75) is 16.8 Å². The molecule has 156 valence electrons. The van der Waals surface area contributed by atoms with Crippen LogP contribution >= 0.6 is 23.4 Å². The molecule has 1 saturated heterocycles. The quantitative estimate of drug-likeness (QED) is 0.574. The number of aliphatic hydroxyl groups is 1. The fourth-order valence-electron chi connectivity index (χ4n) is 3.42. The third kappa shape index (κ3) is 5.32. The summed E-state index contributed by atoms with van der Waals surface area (Å²) in [6.45, 7) is 6.62. The van der Waals surface area contributed by atoms with Gasteiger partial charge in [-0.25, -0.2) is 9.97 Å². The molecule has 7 heteroatoms. The zero-order valence-electron chi connectivity index (χ0n) is 17.0. The SMILES string of the molecule is Cc1ccc(-c2nc(Sc3ccc(Cl)cc3)cc(N3CCN(CCO)CC3)n2)cc1. The zero-order valence-corrected chi connectivity index (χ0v) is 18.5. The van der Waals surface area contributed by atoms with E-state index in [2.05, 4.69) is 47.1 Å². The Hall–Kier alpha value is -2.12. The Labute approximate surface area is 186 Å². The summed E-state index contributed by atoms with van der Waals surface area (Å²) in [4.78, 5) is 15.4. The van der Waals surface area contributed by atoms with Crippen LogP contribution in [0.15, 0.2) is 64.5 Å². The minimum Gasteiger partial charge on any atom is -0.395 e. The van der Waals surface area contributed by atoms with E-state index in [-0.39, 0.29) is 6.61 Å². The van der Waals surface area contributed by atoms with E-state index in [9.17, 15) is 5.11 Å². The lowest BCUT2D eigenvalue weighted by atomic mass is 10.1. The van der Waals surface area contributed by atoms with Crippen LogP contribution in [0, 0.1) is 6.92 Å². The monoisotopic (exact) mass is 440 g/mol. The summed E-state index contributed by atoms with van der Waals surface area (Å²) >= 11 is 7.65. The molecule has 1 aliphatic rings. The van der Waals surface area contributed by atoms with Crippen molar-refractivity contribution in [2.75, 3.05) is 44.2 Å². The van der Waals surface area contributed by atoms with Gasteiger partial charge in [0.05, 0.1) is 6.61 Å². The minimum atomic E-state index is 0.201. The second-order valence-electron chi connectivity index (χ2n) is 7.36. The van der Waals surface area contributed by atoms with Crippen molar-refractivity contribution < 1.29 is 5.11 Å². The highest BCUT2D eigenvalue weighted by Crippen LogP contribution is 2.31. The molecular formula is C23H25ClN4OS. The van der Waals surface area contributed by atoms with E-state index in [0.29, 0.717) is 0 Å². The molecule has 1 aliphatic heterocycles. The van der Waals surface area contributed by atoms with Gasteiger partial charge in [0, 0.05) is 54.3 Å². The highest BCUT2D eigenvalue weighted by atomic mass is 35.5. The van der Waals surface area contributed by atoms with E-state index in [1.165, 1.54) is 5.56 Å². The van der Waals surface area contributed by atoms with Crippen LogP contribution in [0.4, 0.5) is 5.82 Å². The Morgan fingerprint density at radius 2 is 1.67 bits per heavy atom. The highest BCUT2D eigenvalue weighted by Gasteiger charge is 2.19. The number of benzene rings is 2. The van der Waals surface area contributed by atoms with E-state index >= 15 is 0 Å². The summed E-state index contributed by atoms with van der Waals surface area (Å²) in [5, 5.41) is 10.8. The Morgan fingerprint density at radius 1 is 0.967 bits per heavy atom. The highest BCUT2D eigenvalue weighted by molar-refractivity contribution is 7.99. The van der Waals surface area contributed by atoms with Crippen LogP contribution in [0.3, 0.4) is 0 Å². The van der Waals surface area contributed by atoms with Crippen molar-refractivity contribution >= 4 is 29.2 Å². The number of hydrogen-bond donors (Lipinski definition) is 1. The first-order valence-electron chi connectivity index (χ1n) is 10.1. The molecule has 5 nitrogen and oxygen atoms in total. The van der Waals surface area contributed by atoms with Gasteiger partial charge in [0.2, 0.25) is 0 Å². The molecule has 0 spiro atoms. The molecule has 0 atom stereocenters. The second kappa shape index (κ2) is 9.79. The molecule has 2 heterocycles. The lowest BCUT2D eigenvalue weighted by Crippen LogP contribution is -2.47. The standard InChI is InChI=1S/C23H25ClN4OS/c1-17-2-4-18(5-3-17)23-25-21(28-12-10-27(11-13-28)14-15-29)16-22(26-23)30-20-8-6-19(24)7-9-20/h2-9,16,29H,10-15H2,1H3. The van der Waals surface area contributed by atoms with E-state index in [0.717, 1.165) is 64.9 Å². The Morgan fingerprint density at radius 3 is 2.33 bits per heavy atom. The van der Waals surface area contributed by atoms with Gasteiger partial charge in [-0.15, -0.1) is 0 Å². The zero-order chi connectivity index (χ0) is 20.9. The molecule has 3 aromatic rings. The molecule has 1 N–H and O–H groups in total. The molecule has 0 aliphatic carbocycles. The number of piperazine rings is 1.